The van der Waals surface area contributed by atoms with Crippen LogP contribution in [0.2, 0.25) is 0 Å². The number of aryl methyl sites for hydroxylation is 4. The fraction of sp³-hybridized carbons (Fsp3) is 0.286. The Morgan fingerprint density at radius 1 is 1.22 bits per heavy atom. The van der Waals surface area contributed by atoms with E-state index in [0.717, 1.165) is 51.6 Å². The quantitative estimate of drug-likeness (QED) is 0.499. The van der Waals surface area contributed by atoms with Gasteiger partial charge in [0.1, 0.15) is 10.4 Å². The Morgan fingerprint density at radius 3 is 2.93 bits per heavy atom. The van der Waals surface area contributed by atoms with E-state index in [4.69, 9.17) is 4.42 Å². The summed E-state index contributed by atoms with van der Waals surface area (Å²) in [7, 11) is 0. The number of nitrogens with zero attached hydrogens (tertiary/aromatic N) is 2. The minimum Gasteiger partial charge on any atom is -0.422 e. The summed E-state index contributed by atoms with van der Waals surface area (Å²) in [4.78, 5) is 31.9. The van der Waals surface area contributed by atoms with E-state index in [1.165, 1.54) is 16.5 Å². The van der Waals surface area contributed by atoms with Gasteiger partial charge in [0.15, 0.2) is 0 Å². The van der Waals surface area contributed by atoms with Crippen molar-refractivity contribution >= 4 is 32.5 Å². The summed E-state index contributed by atoms with van der Waals surface area (Å²) in [5.74, 6) is 0. The van der Waals surface area contributed by atoms with Crippen molar-refractivity contribution in [1.29, 1.82) is 0 Å². The molecule has 1 aromatic carbocycles. The number of rotatable bonds is 2. The highest BCUT2D eigenvalue weighted by Gasteiger charge is 2.21. The molecule has 0 radical (unpaired) electrons. The predicted octanol–water partition coefficient (Wildman–Crippen LogP) is 3.72. The number of hydrogen-bond donors (Lipinski definition) is 0. The van der Waals surface area contributed by atoms with Crippen LogP contribution in [-0.2, 0) is 19.4 Å². The van der Waals surface area contributed by atoms with Gasteiger partial charge in [-0.25, -0.2) is 9.78 Å². The van der Waals surface area contributed by atoms with Gasteiger partial charge in [-0.3, -0.25) is 9.36 Å². The Morgan fingerprint density at radius 2 is 2.07 bits per heavy atom. The Bertz CT molecular complexity index is 1340. The molecule has 1 aliphatic rings. The number of fused-ring (bicyclic) bond motifs is 4. The van der Waals surface area contributed by atoms with Gasteiger partial charge < -0.3 is 4.42 Å². The average molecular weight is 378 g/mol. The van der Waals surface area contributed by atoms with E-state index in [-0.39, 0.29) is 5.56 Å². The molecule has 27 heavy (non-hydrogen) atoms. The van der Waals surface area contributed by atoms with E-state index >= 15 is 0 Å². The molecule has 0 aliphatic heterocycles. The van der Waals surface area contributed by atoms with Gasteiger partial charge in [-0.05, 0) is 55.4 Å². The Hall–Kier alpha value is -2.73. The second-order valence-electron chi connectivity index (χ2n) is 7.19. The summed E-state index contributed by atoms with van der Waals surface area (Å²) < 4.78 is 7.05. The average Bonchev–Trinajstić information content (AvgIpc) is 3.22. The molecule has 0 atom stereocenters. The van der Waals surface area contributed by atoms with Crippen molar-refractivity contribution in [1.82, 2.24) is 9.55 Å². The van der Waals surface area contributed by atoms with Crippen LogP contribution in [0.5, 0.6) is 0 Å². The first-order valence-electron chi connectivity index (χ1n) is 9.05. The van der Waals surface area contributed by atoms with Gasteiger partial charge in [-0.1, -0.05) is 12.1 Å². The Labute approximate surface area is 158 Å². The van der Waals surface area contributed by atoms with Crippen LogP contribution in [0, 0.1) is 13.8 Å². The van der Waals surface area contributed by atoms with Crippen LogP contribution in [0.15, 0.2) is 38.5 Å². The van der Waals surface area contributed by atoms with Crippen LogP contribution >= 0.6 is 11.3 Å². The summed E-state index contributed by atoms with van der Waals surface area (Å²) in [6.07, 6.45) is 4.69. The third-order valence-corrected chi connectivity index (χ3v) is 6.75. The maximum Gasteiger partial charge on any atom is 0.336 e. The van der Waals surface area contributed by atoms with Gasteiger partial charge in [-0.15, -0.1) is 11.3 Å². The first kappa shape index (κ1) is 16.4. The molecule has 4 aromatic rings. The molecule has 0 bridgehead atoms. The lowest BCUT2D eigenvalue weighted by molar-refractivity contribution is 0.554. The number of thiophene rings is 1. The van der Waals surface area contributed by atoms with E-state index in [9.17, 15) is 9.59 Å². The molecule has 0 saturated carbocycles. The fourth-order valence-electron chi connectivity index (χ4n) is 3.97. The van der Waals surface area contributed by atoms with Crippen molar-refractivity contribution in [2.45, 2.75) is 39.7 Å². The van der Waals surface area contributed by atoms with Gasteiger partial charge in [0.2, 0.25) is 0 Å². The maximum atomic E-state index is 13.1. The van der Waals surface area contributed by atoms with E-state index < -0.39 is 5.63 Å². The molecule has 136 valence electrons. The molecular formula is C21H18N2O3S. The molecule has 0 unspecified atom stereocenters. The lowest BCUT2D eigenvalue weighted by Gasteiger charge is -2.10. The van der Waals surface area contributed by atoms with E-state index in [0.29, 0.717) is 12.1 Å². The first-order valence-corrected chi connectivity index (χ1v) is 9.87. The van der Waals surface area contributed by atoms with Crippen molar-refractivity contribution in [2.24, 2.45) is 0 Å². The molecular weight excluding hydrogens is 360 g/mol. The number of benzene rings is 1. The summed E-state index contributed by atoms with van der Waals surface area (Å²) in [6, 6.07) is 5.44. The molecule has 6 heteroatoms. The van der Waals surface area contributed by atoms with Crippen LogP contribution in [0.1, 0.15) is 33.6 Å². The van der Waals surface area contributed by atoms with Gasteiger partial charge in [0.25, 0.3) is 5.56 Å². The van der Waals surface area contributed by atoms with Crippen molar-refractivity contribution in [2.75, 3.05) is 0 Å². The van der Waals surface area contributed by atoms with Gasteiger partial charge in [-0.2, -0.15) is 0 Å². The molecule has 0 amide bonds. The monoisotopic (exact) mass is 378 g/mol. The minimum atomic E-state index is -0.398. The van der Waals surface area contributed by atoms with Crippen LogP contribution in [0.25, 0.3) is 21.2 Å². The zero-order valence-corrected chi connectivity index (χ0v) is 16.0. The number of aromatic nitrogens is 2. The van der Waals surface area contributed by atoms with Gasteiger partial charge in [0.05, 0.1) is 18.3 Å². The summed E-state index contributed by atoms with van der Waals surface area (Å²) in [5.41, 5.74) is 4.13. The third-order valence-electron chi connectivity index (χ3n) is 5.55. The van der Waals surface area contributed by atoms with E-state index in [1.807, 2.05) is 26.0 Å². The highest BCUT2D eigenvalue weighted by Crippen LogP contribution is 2.34. The lowest BCUT2D eigenvalue weighted by Crippen LogP contribution is -2.22. The maximum absolute atomic E-state index is 13.1. The molecule has 5 rings (SSSR count). The lowest BCUT2D eigenvalue weighted by atomic mass is 10.0. The van der Waals surface area contributed by atoms with Crippen LogP contribution in [0.4, 0.5) is 0 Å². The Kier molecular flexibility index (Phi) is 3.59. The minimum absolute atomic E-state index is 0.0235. The fourth-order valence-corrected chi connectivity index (χ4v) is 5.19. The second kappa shape index (κ2) is 5.89. The SMILES string of the molecule is Cc1ccc2c(Cn3cnc4sc5c(c4c3=O)CCC5)cc(=O)oc2c1C. The topological polar surface area (TPSA) is 65.1 Å². The van der Waals surface area contributed by atoms with Crippen molar-refractivity contribution in [3.8, 4) is 0 Å². The van der Waals surface area contributed by atoms with Crippen LogP contribution in [-0.4, -0.2) is 9.55 Å². The first-order chi connectivity index (χ1) is 13.0. The summed E-state index contributed by atoms with van der Waals surface area (Å²) in [6.45, 7) is 4.23. The second-order valence-corrected chi connectivity index (χ2v) is 8.27. The van der Waals surface area contributed by atoms with E-state index in [2.05, 4.69) is 4.98 Å². The molecule has 0 fully saturated rings. The molecule has 0 saturated heterocycles. The third kappa shape index (κ3) is 2.47. The van der Waals surface area contributed by atoms with Gasteiger partial charge >= 0.3 is 5.63 Å². The van der Waals surface area contributed by atoms with Crippen LogP contribution in [0.3, 0.4) is 0 Å². The standard InChI is InChI=1S/C21H18N2O3S/c1-11-6-7-14-13(8-17(24)26-19(14)12(11)2)9-23-10-22-20-18(21(23)25)15-4-3-5-16(15)27-20/h6-8,10H,3-5,9H2,1-2H3. The Balaban J connectivity index is 1.70. The largest absolute Gasteiger partial charge is 0.422 e. The van der Waals surface area contributed by atoms with Crippen LogP contribution < -0.4 is 11.2 Å². The molecule has 3 heterocycles. The summed E-state index contributed by atoms with van der Waals surface area (Å²) in [5, 5.41) is 1.62. The highest BCUT2D eigenvalue weighted by atomic mass is 32.1. The highest BCUT2D eigenvalue weighted by molar-refractivity contribution is 7.18. The van der Waals surface area contributed by atoms with Crippen molar-refractivity contribution in [3.05, 3.63) is 72.4 Å². The molecule has 0 N–H and O–H groups in total. The predicted molar refractivity (Wildman–Crippen MR) is 107 cm³/mol. The molecule has 5 nitrogen and oxygen atoms in total. The smallest absolute Gasteiger partial charge is 0.336 e. The molecule has 1 aliphatic carbocycles. The van der Waals surface area contributed by atoms with Crippen molar-refractivity contribution in [3.63, 3.8) is 0 Å². The molecule has 0 spiro atoms. The zero-order chi connectivity index (χ0) is 18.7. The van der Waals surface area contributed by atoms with Gasteiger partial charge in [0, 0.05) is 16.3 Å². The van der Waals surface area contributed by atoms with Crippen molar-refractivity contribution < 1.29 is 4.42 Å². The van der Waals surface area contributed by atoms with E-state index in [1.54, 1.807) is 22.2 Å². The summed E-state index contributed by atoms with van der Waals surface area (Å²) >= 11 is 1.63. The molecule has 3 aromatic heterocycles. The zero-order valence-electron chi connectivity index (χ0n) is 15.2. The number of hydrogen-bond acceptors (Lipinski definition) is 5. The normalized spacial score (nSPS) is 13.6.